The summed E-state index contributed by atoms with van der Waals surface area (Å²) >= 11 is 0. The third-order valence-electron chi connectivity index (χ3n) is 1.02. The van der Waals surface area contributed by atoms with Crippen LogP contribution in [0.5, 0.6) is 0 Å². The molecule has 3 heteroatoms. The van der Waals surface area contributed by atoms with Gasteiger partial charge in [-0.2, -0.15) is 0 Å². The summed E-state index contributed by atoms with van der Waals surface area (Å²) in [7, 11) is 0. The van der Waals surface area contributed by atoms with Gasteiger partial charge in [-0.25, -0.2) is 4.39 Å². The summed E-state index contributed by atoms with van der Waals surface area (Å²) in [6.45, 7) is 3.71. The Morgan fingerprint density at radius 2 is 2.20 bits per heavy atom. The minimum Gasteiger partial charge on any atom is -0.315 e. The van der Waals surface area contributed by atoms with Gasteiger partial charge in [-0.3, -0.25) is 0 Å². The average Bonchev–Trinajstić information content (AvgIpc) is 1.82. The molecule has 0 saturated carbocycles. The zero-order valence-electron chi connectivity index (χ0n) is 6.45. The van der Waals surface area contributed by atoms with E-state index in [0.717, 1.165) is 5.70 Å². The van der Waals surface area contributed by atoms with E-state index in [4.69, 9.17) is 5.41 Å². The number of rotatable bonds is 4. The molecule has 0 aromatic rings. The van der Waals surface area contributed by atoms with Crippen LogP contribution in [-0.2, 0) is 0 Å². The Balaban J connectivity index is 3.60. The first-order valence-electron chi connectivity index (χ1n) is 3.29. The second-order valence-electron chi connectivity index (χ2n) is 2.25. The van der Waals surface area contributed by atoms with Crippen LogP contribution in [0.15, 0.2) is 11.8 Å². The largest absolute Gasteiger partial charge is 0.315 e. The van der Waals surface area contributed by atoms with Crippen molar-refractivity contribution in [2.45, 2.75) is 13.8 Å². The molecule has 0 amide bonds. The summed E-state index contributed by atoms with van der Waals surface area (Å²) < 4.78 is 11.6. The van der Waals surface area contributed by atoms with Crippen LogP contribution in [0.3, 0.4) is 0 Å². The van der Waals surface area contributed by atoms with Crippen molar-refractivity contribution in [1.82, 2.24) is 0 Å². The summed E-state index contributed by atoms with van der Waals surface area (Å²) in [6.07, 6.45) is 1.72. The van der Waals surface area contributed by atoms with Crippen LogP contribution >= 0.6 is 0 Å². The van der Waals surface area contributed by atoms with Crippen molar-refractivity contribution in [2.24, 2.45) is 0 Å². The first kappa shape index (κ1) is 9.30. The lowest BCUT2D eigenvalue weighted by molar-refractivity contribution is -0.606. The quantitative estimate of drug-likeness (QED) is 0.540. The van der Waals surface area contributed by atoms with Crippen molar-refractivity contribution in [3.8, 4) is 0 Å². The third kappa shape index (κ3) is 5.44. The van der Waals surface area contributed by atoms with Gasteiger partial charge in [-0.15, -0.1) is 0 Å². The molecule has 0 fully saturated rings. The molecular formula is C7H14FN2+. The maximum atomic E-state index is 11.6. The lowest BCUT2D eigenvalue weighted by atomic mass is 10.3. The van der Waals surface area contributed by atoms with Gasteiger partial charge in [-0.1, -0.05) is 0 Å². The fourth-order valence-corrected chi connectivity index (χ4v) is 0.683. The van der Waals surface area contributed by atoms with Crippen LogP contribution in [-0.4, -0.2) is 18.9 Å². The van der Waals surface area contributed by atoms with E-state index >= 15 is 0 Å². The van der Waals surface area contributed by atoms with E-state index in [1.807, 2.05) is 6.92 Å². The number of hydrogen-bond acceptors (Lipinski definition) is 1. The molecule has 0 aliphatic carbocycles. The highest BCUT2D eigenvalue weighted by Gasteiger charge is 1.92. The Hall–Kier alpha value is -0.700. The van der Waals surface area contributed by atoms with Crippen LogP contribution in [0.1, 0.15) is 13.8 Å². The summed E-state index contributed by atoms with van der Waals surface area (Å²) in [5.74, 6) is 0. The highest BCUT2D eigenvalue weighted by molar-refractivity contribution is 5.90. The highest BCUT2D eigenvalue weighted by atomic mass is 19.1. The normalized spacial score (nSPS) is 11.7. The number of halogens is 1. The third-order valence-corrected chi connectivity index (χ3v) is 1.02. The van der Waals surface area contributed by atoms with Crippen molar-refractivity contribution in [3.05, 3.63) is 11.8 Å². The molecule has 0 aliphatic rings. The molecular weight excluding hydrogens is 131 g/mol. The zero-order valence-corrected chi connectivity index (χ0v) is 6.45. The van der Waals surface area contributed by atoms with Crippen LogP contribution in [0.4, 0.5) is 4.39 Å². The Labute approximate surface area is 60.6 Å². The van der Waals surface area contributed by atoms with Gasteiger partial charge < -0.3 is 10.7 Å². The van der Waals surface area contributed by atoms with Crippen molar-refractivity contribution in [2.75, 3.05) is 13.2 Å². The lowest BCUT2D eigenvalue weighted by Crippen LogP contribution is -2.82. The number of allylic oxidation sites excluding steroid dienone is 2. The molecule has 10 heavy (non-hydrogen) atoms. The van der Waals surface area contributed by atoms with Gasteiger partial charge in [0.2, 0.25) is 0 Å². The molecule has 0 radical (unpaired) electrons. The van der Waals surface area contributed by atoms with Gasteiger partial charge in [0, 0.05) is 18.7 Å². The van der Waals surface area contributed by atoms with Crippen LogP contribution in [0, 0.1) is 5.41 Å². The molecule has 0 rings (SSSR count). The number of nitrogens with one attached hydrogen (secondary N) is 1. The Bertz CT molecular complexity index is 141. The van der Waals surface area contributed by atoms with E-state index in [2.05, 4.69) is 0 Å². The molecule has 0 unspecified atom stereocenters. The smallest absolute Gasteiger partial charge is 0.139 e. The summed E-state index contributed by atoms with van der Waals surface area (Å²) in [4.78, 5) is 0. The maximum Gasteiger partial charge on any atom is 0.139 e. The number of quaternary nitrogens is 1. The lowest BCUT2D eigenvalue weighted by Gasteiger charge is -1.95. The number of nitrogens with two attached hydrogens (primary N) is 1. The molecule has 0 spiro atoms. The summed E-state index contributed by atoms with van der Waals surface area (Å²) in [5, 5.41) is 8.86. The van der Waals surface area contributed by atoms with Crippen LogP contribution < -0.4 is 5.32 Å². The minimum atomic E-state index is -0.317. The summed E-state index contributed by atoms with van der Waals surface area (Å²) in [5.41, 5.74) is 1.47. The van der Waals surface area contributed by atoms with E-state index in [1.165, 1.54) is 0 Å². The predicted molar refractivity (Wildman–Crippen MR) is 39.9 cm³/mol. The average molecular weight is 145 g/mol. The van der Waals surface area contributed by atoms with Crippen molar-refractivity contribution in [3.63, 3.8) is 0 Å². The molecule has 58 valence electrons. The van der Waals surface area contributed by atoms with Gasteiger partial charge in [0.25, 0.3) is 0 Å². The second kappa shape index (κ2) is 5.11. The number of hydrogen-bond donors (Lipinski definition) is 2. The predicted octanol–water partition coefficient (Wildman–Crippen LogP) is 0.463. The van der Waals surface area contributed by atoms with Gasteiger partial charge in [0.1, 0.15) is 18.9 Å². The van der Waals surface area contributed by atoms with Crippen LogP contribution in [0.2, 0.25) is 0 Å². The second-order valence-corrected chi connectivity index (χ2v) is 2.25. The summed E-state index contributed by atoms with van der Waals surface area (Å²) in [6, 6.07) is 0. The minimum absolute atomic E-state index is 0.317. The molecule has 0 atom stereocenters. The monoisotopic (exact) mass is 145 g/mol. The van der Waals surface area contributed by atoms with E-state index in [1.54, 1.807) is 18.3 Å². The van der Waals surface area contributed by atoms with Gasteiger partial charge in [0.15, 0.2) is 0 Å². The van der Waals surface area contributed by atoms with Gasteiger partial charge >= 0.3 is 0 Å². The fraction of sp³-hybridized carbons (Fsp3) is 0.571. The molecule has 3 N–H and O–H groups in total. The number of alkyl halides is 1. The van der Waals surface area contributed by atoms with Crippen LogP contribution in [0.25, 0.3) is 0 Å². The Morgan fingerprint density at radius 1 is 1.60 bits per heavy atom. The van der Waals surface area contributed by atoms with Crippen molar-refractivity contribution >= 4 is 5.71 Å². The van der Waals surface area contributed by atoms with E-state index < -0.39 is 0 Å². The maximum absolute atomic E-state index is 11.6. The molecule has 2 nitrogen and oxygen atoms in total. The molecule has 0 saturated heterocycles. The standard InChI is InChI=1S/C7H13FN2/c1-6(9)5-7(2)10-4-3-8/h5,9-10H,3-4H2,1-2H3/p+1. The Morgan fingerprint density at radius 3 is 2.60 bits per heavy atom. The molecule has 0 heterocycles. The first-order chi connectivity index (χ1) is 4.66. The Kier molecular flexibility index (Phi) is 4.76. The van der Waals surface area contributed by atoms with E-state index in [0.29, 0.717) is 12.3 Å². The van der Waals surface area contributed by atoms with Crippen molar-refractivity contribution < 1.29 is 9.71 Å². The zero-order chi connectivity index (χ0) is 7.98. The molecule has 0 aromatic heterocycles. The first-order valence-corrected chi connectivity index (χ1v) is 3.29. The highest BCUT2D eigenvalue weighted by Crippen LogP contribution is 1.78. The van der Waals surface area contributed by atoms with E-state index in [-0.39, 0.29) is 6.67 Å². The molecule has 0 aromatic carbocycles. The van der Waals surface area contributed by atoms with Crippen molar-refractivity contribution in [1.29, 1.82) is 5.41 Å². The molecule has 0 bridgehead atoms. The van der Waals surface area contributed by atoms with Gasteiger partial charge in [-0.05, 0) is 6.92 Å². The van der Waals surface area contributed by atoms with Gasteiger partial charge in [0.05, 0.1) is 0 Å². The topological polar surface area (TPSA) is 40.5 Å². The SMILES string of the molecule is CC(=N)C=C(C)[NH2+]CCF. The van der Waals surface area contributed by atoms with E-state index in [9.17, 15) is 4.39 Å². The molecule has 0 aliphatic heterocycles. The fourth-order valence-electron chi connectivity index (χ4n) is 0.683.